The van der Waals surface area contributed by atoms with E-state index >= 15 is 0 Å². The summed E-state index contributed by atoms with van der Waals surface area (Å²) in [6.45, 7) is 0. The summed E-state index contributed by atoms with van der Waals surface area (Å²) in [5.41, 5.74) is 0.400. The van der Waals surface area contributed by atoms with Gasteiger partial charge in [-0.25, -0.2) is 9.37 Å². The smallest absolute Gasteiger partial charge is 0.287 e. The Morgan fingerprint density at radius 1 is 1.50 bits per heavy atom. The molecule has 1 aromatic heterocycles. The number of carbonyl (C=O) groups is 1. The average molecular weight is 233 g/mol. The van der Waals surface area contributed by atoms with Gasteiger partial charge in [-0.2, -0.15) is 0 Å². The van der Waals surface area contributed by atoms with Gasteiger partial charge < -0.3 is 4.98 Å². The topological polar surface area (TPSA) is 45.8 Å². The van der Waals surface area contributed by atoms with Gasteiger partial charge in [-0.15, -0.1) is 0 Å². The van der Waals surface area contributed by atoms with E-state index in [0.29, 0.717) is 5.52 Å². The van der Waals surface area contributed by atoms with Crippen molar-refractivity contribution in [1.82, 2.24) is 9.97 Å². The normalized spacial score (nSPS) is 10.8. The molecular formula is C8H3Cl2FN2O. The van der Waals surface area contributed by atoms with Crippen molar-refractivity contribution in [2.45, 2.75) is 0 Å². The summed E-state index contributed by atoms with van der Waals surface area (Å²) in [5.74, 6) is -0.684. The van der Waals surface area contributed by atoms with Gasteiger partial charge in [-0.1, -0.05) is 11.6 Å². The Labute approximate surface area is 87.8 Å². The Kier molecular flexibility index (Phi) is 2.17. The number of imidazole rings is 1. The van der Waals surface area contributed by atoms with E-state index < -0.39 is 11.1 Å². The first-order valence-corrected chi connectivity index (χ1v) is 4.38. The van der Waals surface area contributed by atoms with Crippen LogP contribution < -0.4 is 0 Å². The Bertz CT molecular complexity index is 523. The van der Waals surface area contributed by atoms with E-state index in [1.165, 1.54) is 6.07 Å². The van der Waals surface area contributed by atoms with E-state index in [-0.39, 0.29) is 16.4 Å². The van der Waals surface area contributed by atoms with Crippen LogP contribution >= 0.6 is 23.2 Å². The van der Waals surface area contributed by atoms with E-state index in [2.05, 4.69) is 9.97 Å². The fourth-order valence-corrected chi connectivity index (χ4v) is 1.43. The molecule has 0 spiro atoms. The van der Waals surface area contributed by atoms with E-state index in [4.69, 9.17) is 23.2 Å². The van der Waals surface area contributed by atoms with Crippen LogP contribution in [0.5, 0.6) is 0 Å². The minimum Gasteiger partial charge on any atom is -0.334 e. The molecule has 0 amide bonds. The van der Waals surface area contributed by atoms with Crippen molar-refractivity contribution >= 4 is 39.5 Å². The highest BCUT2D eigenvalue weighted by Gasteiger charge is 2.12. The SMILES string of the molecule is O=C(Cl)c1nc2c(F)cc(Cl)cc2[nH]1. The third-order valence-corrected chi connectivity index (χ3v) is 2.09. The summed E-state index contributed by atoms with van der Waals surface area (Å²) < 4.78 is 13.2. The molecule has 2 aromatic rings. The van der Waals surface area contributed by atoms with Crippen molar-refractivity contribution < 1.29 is 9.18 Å². The van der Waals surface area contributed by atoms with Crippen molar-refractivity contribution in [3.8, 4) is 0 Å². The standard InChI is InChI=1S/C8H3Cl2FN2O/c9-3-1-4(11)6-5(2-3)12-8(13-6)7(10)14/h1-2H,(H,12,13). The number of carbonyl (C=O) groups excluding carboxylic acids is 1. The molecule has 0 aliphatic carbocycles. The first-order valence-electron chi connectivity index (χ1n) is 3.62. The molecule has 0 aliphatic heterocycles. The summed E-state index contributed by atoms with van der Waals surface area (Å²) in [6, 6.07) is 2.59. The molecule has 1 heterocycles. The highest BCUT2D eigenvalue weighted by molar-refractivity contribution is 6.67. The molecule has 0 saturated heterocycles. The van der Waals surface area contributed by atoms with Crippen LogP contribution in [0.3, 0.4) is 0 Å². The molecule has 0 unspecified atom stereocenters. The molecule has 0 atom stereocenters. The number of benzene rings is 1. The number of nitrogens with one attached hydrogen (secondary N) is 1. The van der Waals surface area contributed by atoms with Gasteiger partial charge in [0.1, 0.15) is 5.52 Å². The third kappa shape index (κ3) is 1.47. The van der Waals surface area contributed by atoms with Gasteiger partial charge in [-0.3, -0.25) is 4.79 Å². The minimum absolute atomic E-state index is 0.0541. The number of nitrogens with zero attached hydrogens (tertiary/aromatic N) is 1. The van der Waals surface area contributed by atoms with Gasteiger partial charge in [0.15, 0.2) is 11.6 Å². The second kappa shape index (κ2) is 3.22. The van der Waals surface area contributed by atoms with Crippen molar-refractivity contribution in [2.75, 3.05) is 0 Å². The first-order chi connectivity index (χ1) is 6.58. The Balaban J connectivity index is 2.76. The number of aromatic nitrogens is 2. The number of rotatable bonds is 1. The molecule has 0 radical (unpaired) electrons. The zero-order valence-corrected chi connectivity index (χ0v) is 8.16. The molecule has 14 heavy (non-hydrogen) atoms. The van der Waals surface area contributed by atoms with Gasteiger partial charge in [-0.05, 0) is 23.7 Å². The number of hydrogen-bond donors (Lipinski definition) is 1. The summed E-state index contributed by atoms with van der Waals surface area (Å²) in [6.07, 6.45) is 0. The molecule has 2 rings (SSSR count). The highest BCUT2D eigenvalue weighted by Crippen LogP contribution is 2.21. The van der Waals surface area contributed by atoms with Crippen LogP contribution in [0.1, 0.15) is 10.6 Å². The Morgan fingerprint density at radius 2 is 2.21 bits per heavy atom. The van der Waals surface area contributed by atoms with Crippen molar-refractivity contribution in [1.29, 1.82) is 0 Å². The van der Waals surface area contributed by atoms with Crippen LogP contribution in [0.15, 0.2) is 12.1 Å². The monoisotopic (exact) mass is 232 g/mol. The number of fused-ring (bicyclic) bond motifs is 1. The van der Waals surface area contributed by atoms with E-state index in [0.717, 1.165) is 6.07 Å². The van der Waals surface area contributed by atoms with Crippen LogP contribution in [0.4, 0.5) is 4.39 Å². The maximum absolute atomic E-state index is 13.2. The Morgan fingerprint density at radius 3 is 2.86 bits per heavy atom. The van der Waals surface area contributed by atoms with Crippen molar-refractivity contribution in [3.05, 3.63) is 28.8 Å². The minimum atomic E-state index is -0.767. The fraction of sp³-hybridized carbons (Fsp3) is 0. The quantitative estimate of drug-likeness (QED) is 0.769. The molecule has 0 saturated carbocycles. The lowest BCUT2D eigenvalue weighted by Gasteiger charge is -1.91. The van der Waals surface area contributed by atoms with Crippen LogP contribution in [-0.4, -0.2) is 15.2 Å². The predicted octanol–water partition coefficient (Wildman–Crippen LogP) is 2.73. The second-order valence-electron chi connectivity index (χ2n) is 2.64. The zero-order valence-electron chi connectivity index (χ0n) is 6.64. The molecule has 0 fully saturated rings. The summed E-state index contributed by atoms with van der Waals surface area (Å²) in [5, 5.41) is -0.538. The number of H-pyrrole nitrogens is 1. The Hall–Kier alpha value is -1.13. The van der Waals surface area contributed by atoms with Gasteiger partial charge >= 0.3 is 0 Å². The maximum atomic E-state index is 13.2. The second-order valence-corrected chi connectivity index (χ2v) is 3.42. The van der Waals surface area contributed by atoms with Crippen LogP contribution in [0, 0.1) is 5.82 Å². The lowest BCUT2D eigenvalue weighted by atomic mass is 10.3. The maximum Gasteiger partial charge on any atom is 0.287 e. The molecule has 0 bridgehead atoms. The first kappa shape index (κ1) is 9.43. The molecule has 72 valence electrons. The van der Waals surface area contributed by atoms with Crippen LogP contribution in [-0.2, 0) is 0 Å². The van der Waals surface area contributed by atoms with Gasteiger partial charge in [0.25, 0.3) is 5.24 Å². The molecule has 1 aromatic carbocycles. The van der Waals surface area contributed by atoms with Crippen LogP contribution in [0.2, 0.25) is 5.02 Å². The third-order valence-electron chi connectivity index (χ3n) is 1.69. The predicted molar refractivity (Wildman–Crippen MR) is 51.2 cm³/mol. The lowest BCUT2D eigenvalue weighted by molar-refractivity contribution is 0.107. The van der Waals surface area contributed by atoms with Crippen molar-refractivity contribution in [2.24, 2.45) is 0 Å². The highest BCUT2D eigenvalue weighted by atomic mass is 35.5. The molecule has 1 N–H and O–H groups in total. The number of aromatic amines is 1. The summed E-state index contributed by atoms with van der Waals surface area (Å²) in [7, 11) is 0. The van der Waals surface area contributed by atoms with Gasteiger partial charge in [0, 0.05) is 5.02 Å². The average Bonchev–Trinajstić information content (AvgIpc) is 2.47. The zero-order chi connectivity index (χ0) is 10.3. The van der Waals surface area contributed by atoms with Crippen molar-refractivity contribution in [3.63, 3.8) is 0 Å². The molecular weight excluding hydrogens is 230 g/mol. The number of halogens is 3. The van der Waals surface area contributed by atoms with E-state index in [9.17, 15) is 9.18 Å². The van der Waals surface area contributed by atoms with E-state index in [1.54, 1.807) is 0 Å². The summed E-state index contributed by atoms with van der Waals surface area (Å²) in [4.78, 5) is 17.0. The number of hydrogen-bond acceptors (Lipinski definition) is 2. The molecule has 3 nitrogen and oxygen atoms in total. The molecule has 0 aliphatic rings. The molecule has 6 heteroatoms. The largest absolute Gasteiger partial charge is 0.334 e. The summed E-state index contributed by atoms with van der Waals surface area (Å²) >= 11 is 10.8. The van der Waals surface area contributed by atoms with E-state index in [1.807, 2.05) is 0 Å². The van der Waals surface area contributed by atoms with Gasteiger partial charge in [0.05, 0.1) is 5.52 Å². The van der Waals surface area contributed by atoms with Crippen LogP contribution in [0.25, 0.3) is 11.0 Å². The van der Waals surface area contributed by atoms with Gasteiger partial charge in [0.2, 0.25) is 0 Å². The lowest BCUT2D eigenvalue weighted by Crippen LogP contribution is -1.90. The fourth-order valence-electron chi connectivity index (χ4n) is 1.14.